The van der Waals surface area contributed by atoms with Gasteiger partial charge in [0.2, 0.25) is 0 Å². The first-order valence-electron chi connectivity index (χ1n) is 6.10. The maximum Gasteiger partial charge on any atom is 0.183 e. The molecule has 1 aromatic carbocycles. The minimum Gasteiger partial charge on any atom is -0.490 e. The Morgan fingerprint density at radius 3 is 2.61 bits per heavy atom. The van der Waals surface area contributed by atoms with Crippen molar-refractivity contribution < 1.29 is 14.3 Å². The van der Waals surface area contributed by atoms with Crippen LogP contribution in [0.15, 0.2) is 24.3 Å². The number of rotatable bonds is 7. The number of nitrogens with two attached hydrogens (primary N) is 1. The molecule has 0 spiro atoms. The van der Waals surface area contributed by atoms with E-state index in [1.807, 2.05) is 26.0 Å². The van der Waals surface area contributed by atoms with Crippen molar-refractivity contribution >= 4 is 5.78 Å². The summed E-state index contributed by atoms with van der Waals surface area (Å²) in [5.74, 6) is 0.480. The molecule has 0 saturated carbocycles. The number of methoxy groups -OCH3 is 1. The molecule has 4 heteroatoms. The summed E-state index contributed by atoms with van der Waals surface area (Å²) >= 11 is 0. The van der Waals surface area contributed by atoms with E-state index in [4.69, 9.17) is 15.2 Å². The van der Waals surface area contributed by atoms with E-state index in [0.717, 1.165) is 0 Å². The second-order valence-electron chi connectivity index (χ2n) is 4.41. The lowest BCUT2D eigenvalue weighted by molar-refractivity contribution is 0.0929. The molecule has 0 aliphatic rings. The van der Waals surface area contributed by atoms with Crippen LogP contribution in [-0.4, -0.2) is 31.6 Å². The van der Waals surface area contributed by atoms with Gasteiger partial charge < -0.3 is 15.2 Å². The Balaban J connectivity index is 2.84. The zero-order valence-electron chi connectivity index (χ0n) is 11.2. The van der Waals surface area contributed by atoms with Crippen LogP contribution in [0.5, 0.6) is 5.75 Å². The number of hydrogen-bond donors (Lipinski definition) is 1. The molecule has 1 aromatic rings. The average molecular weight is 251 g/mol. The standard InChI is InChI=1S/C14H21NO3/c1-10(2)18-13-7-5-4-6-11(13)14(16)12(15)8-9-17-3/h4-7,10,12H,8-9,15H2,1-3H3. The first-order valence-corrected chi connectivity index (χ1v) is 6.10. The van der Waals surface area contributed by atoms with Crippen molar-refractivity contribution in [3.8, 4) is 5.75 Å². The van der Waals surface area contributed by atoms with Gasteiger partial charge in [0.15, 0.2) is 5.78 Å². The van der Waals surface area contributed by atoms with Crippen LogP contribution < -0.4 is 10.5 Å². The SMILES string of the molecule is COCCC(N)C(=O)c1ccccc1OC(C)C. The highest BCUT2D eigenvalue weighted by molar-refractivity contribution is 6.02. The summed E-state index contributed by atoms with van der Waals surface area (Å²) in [6.07, 6.45) is 0.528. The van der Waals surface area contributed by atoms with Gasteiger partial charge >= 0.3 is 0 Å². The highest BCUT2D eigenvalue weighted by atomic mass is 16.5. The summed E-state index contributed by atoms with van der Waals surface area (Å²) in [6.45, 7) is 4.32. The molecular weight excluding hydrogens is 230 g/mol. The van der Waals surface area contributed by atoms with Crippen molar-refractivity contribution in [2.45, 2.75) is 32.4 Å². The van der Waals surface area contributed by atoms with E-state index in [-0.39, 0.29) is 11.9 Å². The van der Waals surface area contributed by atoms with Crippen LogP contribution >= 0.6 is 0 Å². The predicted molar refractivity (Wildman–Crippen MR) is 71.0 cm³/mol. The molecule has 0 aliphatic carbocycles. The number of carbonyl (C=O) groups excluding carboxylic acids is 1. The second kappa shape index (κ2) is 7.13. The fourth-order valence-electron chi connectivity index (χ4n) is 1.60. The first kappa shape index (κ1) is 14.7. The van der Waals surface area contributed by atoms with Gasteiger partial charge in [-0.1, -0.05) is 12.1 Å². The largest absolute Gasteiger partial charge is 0.490 e. The lowest BCUT2D eigenvalue weighted by atomic mass is 10.0. The number of ether oxygens (including phenoxy) is 2. The van der Waals surface area contributed by atoms with Crippen LogP contribution in [0.3, 0.4) is 0 Å². The van der Waals surface area contributed by atoms with Crippen LogP contribution in [0, 0.1) is 0 Å². The van der Waals surface area contributed by atoms with Crippen molar-refractivity contribution in [3.05, 3.63) is 29.8 Å². The van der Waals surface area contributed by atoms with Gasteiger partial charge in [0.05, 0.1) is 17.7 Å². The van der Waals surface area contributed by atoms with Gasteiger partial charge in [0.1, 0.15) is 5.75 Å². The zero-order valence-corrected chi connectivity index (χ0v) is 11.2. The summed E-state index contributed by atoms with van der Waals surface area (Å²) in [4.78, 5) is 12.2. The summed E-state index contributed by atoms with van der Waals surface area (Å²) < 4.78 is 10.5. The Morgan fingerprint density at radius 1 is 1.33 bits per heavy atom. The van der Waals surface area contributed by atoms with Crippen molar-refractivity contribution in [3.63, 3.8) is 0 Å². The number of benzene rings is 1. The molecule has 0 amide bonds. The molecule has 0 fully saturated rings. The lowest BCUT2D eigenvalue weighted by Gasteiger charge is -2.16. The van der Waals surface area contributed by atoms with Crippen LogP contribution in [0.4, 0.5) is 0 Å². The van der Waals surface area contributed by atoms with Gasteiger partial charge in [0.25, 0.3) is 0 Å². The lowest BCUT2D eigenvalue weighted by Crippen LogP contribution is -2.32. The minimum absolute atomic E-state index is 0.0224. The van der Waals surface area contributed by atoms with Crippen molar-refractivity contribution in [1.82, 2.24) is 0 Å². The second-order valence-corrected chi connectivity index (χ2v) is 4.41. The highest BCUT2D eigenvalue weighted by Gasteiger charge is 2.19. The summed E-state index contributed by atoms with van der Waals surface area (Å²) in [6, 6.07) is 6.63. The summed E-state index contributed by atoms with van der Waals surface area (Å²) in [5, 5.41) is 0. The van der Waals surface area contributed by atoms with Crippen LogP contribution in [0.2, 0.25) is 0 Å². The van der Waals surface area contributed by atoms with Gasteiger partial charge in [-0.15, -0.1) is 0 Å². The Labute approximate surface area is 108 Å². The Morgan fingerprint density at radius 2 is 2.00 bits per heavy atom. The molecule has 0 aromatic heterocycles. The van der Waals surface area contributed by atoms with Gasteiger partial charge in [-0.2, -0.15) is 0 Å². The number of carbonyl (C=O) groups is 1. The van der Waals surface area contributed by atoms with E-state index in [0.29, 0.717) is 24.3 Å². The third kappa shape index (κ3) is 4.13. The Bertz CT molecular complexity index is 390. The smallest absolute Gasteiger partial charge is 0.183 e. The average Bonchev–Trinajstić information content (AvgIpc) is 2.35. The van der Waals surface area contributed by atoms with Crippen molar-refractivity contribution in [1.29, 1.82) is 0 Å². The van der Waals surface area contributed by atoms with Crippen molar-refractivity contribution in [2.24, 2.45) is 5.73 Å². The molecule has 18 heavy (non-hydrogen) atoms. The number of para-hydroxylation sites is 1. The van der Waals surface area contributed by atoms with E-state index < -0.39 is 6.04 Å². The molecule has 0 bridgehead atoms. The van der Waals surface area contributed by atoms with E-state index in [2.05, 4.69) is 0 Å². The van der Waals surface area contributed by atoms with Gasteiger partial charge in [-0.05, 0) is 32.4 Å². The summed E-state index contributed by atoms with van der Waals surface area (Å²) in [7, 11) is 1.59. The molecule has 0 radical (unpaired) electrons. The third-order valence-corrected chi connectivity index (χ3v) is 2.48. The fourth-order valence-corrected chi connectivity index (χ4v) is 1.60. The van der Waals surface area contributed by atoms with Gasteiger partial charge in [-0.25, -0.2) is 0 Å². The molecule has 0 heterocycles. The maximum absolute atomic E-state index is 12.2. The molecule has 2 N–H and O–H groups in total. The predicted octanol–water partition coefficient (Wildman–Crippen LogP) is 2.02. The zero-order chi connectivity index (χ0) is 13.5. The molecule has 1 rings (SSSR count). The topological polar surface area (TPSA) is 61.5 Å². The Hall–Kier alpha value is -1.39. The molecule has 4 nitrogen and oxygen atoms in total. The normalized spacial score (nSPS) is 12.5. The first-order chi connectivity index (χ1) is 8.56. The van der Waals surface area contributed by atoms with Crippen molar-refractivity contribution in [2.75, 3.05) is 13.7 Å². The number of Topliss-reactive ketones (excluding diaryl/α,β-unsaturated/α-hetero) is 1. The van der Waals surface area contributed by atoms with E-state index >= 15 is 0 Å². The molecule has 100 valence electrons. The number of ketones is 1. The summed E-state index contributed by atoms with van der Waals surface area (Å²) in [5.41, 5.74) is 6.39. The quantitative estimate of drug-likeness (QED) is 0.753. The van der Waals surface area contributed by atoms with Crippen LogP contribution in [-0.2, 0) is 4.74 Å². The third-order valence-electron chi connectivity index (χ3n) is 2.48. The van der Waals surface area contributed by atoms with E-state index in [9.17, 15) is 4.79 Å². The van der Waals surface area contributed by atoms with Crippen LogP contribution in [0.1, 0.15) is 30.6 Å². The molecule has 1 atom stereocenters. The molecular formula is C14H21NO3. The van der Waals surface area contributed by atoms with Gasteiger partial charge in [-0.3, -0.25) is 4.79 Å². The fraction of sp³-hybridized carbons (Fsp3) is 0.500. The molecule has 1 unspecified atom stereocenters. The number of hydrogen-bond acceptors (Lipinski definition) is 4. The monoisotopic (exact) mass is 251 g/mol. The maximum atomic E-state index is 12.2. The Kier molecular flexibility index (Phi) is 5.82. The van der Waals surface area contributed by atoms with Crippen LogP contribution in [0.25, 0.3) is 0 Å². The van der Waals surface area contributed by atoms with E-state index in [1.54, 1.807) is 19.2 Å². The minimum atomic E-state index is -0.554. The molecule has 0 aliphatic heterocycles. The van der Waals surface area contributed by atoms with Gasteiger partial charge in [0, 0.05) is 13.7 Å². The highest BCUT2D eigenvalue weighted by Crippen LogP contribution is 2.21. The molecule has 0 saturated heterocycles. The van der Waals surface area contributed by atoms with E-state index in [1.165, 1.54) is 0 Å².